The van der Waals surface area contributed by atoms with E-state index in [-0.39, 0.29) is 0 Å². The van der Waals surface area contributed by atoms with Crippen molar-refractivity contribution in [3.05, 3.63) is 29.8 Å². The van der Waals surface area contributed by atoms with Crippen molar-refractivity contribution in [1.82, 2.24) is 10.7 Å². The van der Waals surface area contributed by atoms with E-state index in [1.165, 1.54) is 0 Å². The number of hydrazine groups is 2. The van der Waals surface area contributed by atoms with Gasteiger partial charge >= 0.3 is 0 Å². The maximum Gasteiger partial charge on any atom is 0.0687 e. The maximum atomic E-state index is 9.02. The van der Waals surface area contributed by atoms with Gasteiger partial charge in [-0.25, -0.2) is 0 Å². The molecule has 4 nitrogen and oxygen atoms in total. The first-order valence-corrected chi connectivity index (χ1v) is 3.42. The number of anilines is 1. The lowest BCUT2D eigenvalue weighted by molar-refractivity contribution is -0.142. The summed E-state index contributed by atoms with van der Waals surface area (Å²) in [6.07, 6.45) is 0. The summed E-state index contributed by atoms with van der Waals surface area (Å²) in [6, 6.07) is 7.81. The van der Waals surface area contributed by atoms with Crippen LogP contribution in [0.2, 0.25) is 0 Å². The number of nitrogens with zero attached hydrogens (tertiary/aromatic N) is 1. The quantitative estimate of drug-likeness (QED) is 0.511. The zero-order valence-corrected chi connectivity index (χ0v) is 5.91. The smallest absolute Gasteiger partial charge is 0.0687 e. The molecule has 0 spiro atoms. The molecule has 11 heavy (non-hydrogen) atoms. The zero-order valence-electron chi connectivity index (χ0n) is 5.91. The van der Waals surface area contributed by atoms with E-state index in [0.29, 0.717) is 6.54 Å². The molecule has 0 aliphatic carbocycles. The maximum absolute atomic E-state index is 9.02. The normalized spacial score (nSPS) is 17.2. The Hall–Kier alpha value is -1.10. The van der Waals surface area contributed by atoms with Gasteiger partial charge < -0.3 is 5.43 Å². The number of benzene rings is 1. The largest absolute Gasteiger partial charge is 0.306 e. The second kappa shape index (κ2) is 2.50. The van der Waals surface area contributed by atoms with E-state index >= 15 is 0 Å². The average molecular weight is 151 g/mol. The fourth-order valence-corrected chi connectivity index (χ4v) is 1.11. The van der Waals surface area contributed by atoms with Crippen LogP contribution in [-0.4, -0.2) is 10.4 Å². The van der Waals surface area contributed by atoms with Gasteiger partial charge in [-0.05, 0) is 11.6 Å². The predicted octanol–water partition coefficient (Wildman–Crippen LogP) is 0.723. The molecule has 1 heterocycles. The molecule has 2 rings (SSSR count). The van der Waals surface area contributed by atoms with Crippen molar-refractivity contribution in [3.8, 4) is 0 Å². The summed E-state index contributed by atoms with van der Waals surface area (Å²) in [5, 5.41) is 10.0. The van der Waals surface area contributed by atoms with Gasteiger partial charge in [-0.1, -0.05) is 18.2 Å². The first-order chi connectivity index (χ1) is 5.36. The number of rotatable bonds is 0. The molecular weight excluding hydrogens is 142 g/mol. The lowest BCUT2D eigenvalue weighted by Gasteiger charge is -2.24. The fourth-order valence-electron chi connectivity index (χ4n) is 1.11. The van der Waals surface area contributed by atoms with Gasteiger partial charge in [-0.15, -0.1) is 10.7 Å². The zero-order chi connectivity index (χ0) is 7.68. The van der Waals surface area contributed by atoms with Crippen LogP contribution < -0.4 is 11.0 Å². The molecule has 1 aliphatic rings. The molecule has 0 amide bonds. The third-order valence-corrected chi connectivity index (χ3v) is 1.66. The Labute approximate surface area is 64.3 Å². The van der Waals surface area contributed by atoms with Crippen LogP contribution in [0.4, 0.5) is 5.69 Å². The van der Waals surface area contributed by atoms with Gasteiger partial charge in [-0.2, -0.15) is 0 Å². The molecule has 0 saturated heterocycles. The number of hydroxylamine groups is 1. The van der Waals surface area contributed by atoms with Crippen molar-refractivity contribution in [2.45, 2.75) is 6.54 Å². The Morgan fingerprint density at radius 1 is 1.36 bits per heavy atom. The summed E-state index contributed by atoms with van der Waals surface area (Å²) in [4.78, 5) is 0. The van der Waals surface area contributed by atoms with Crippen molar-refractivity contribution in [2.24, 2.45) is 0 Å². The number of hydrogen-bond acceptors (Lipinski definition) is 4. The molecule has 4 heteroatoms. The van der Waals surface area contributed by atoms with Crippen molar-refractivity contribution in [3.63, 3.8) is 0 Å². The summed E-state index contributed by atoms with van der Waals surface area (Å²) in [5.41, 5.74) is 7.50. The lowest BCUT2D eigenvalue weighted by Crippen LogP contribution is -2.42. The van der Waals surface area contributed by atoms with Crippen molar-refractivity contribution in [1.29, 1.82) is 0 Å². The van der Waals surface area contributed by atoms with Crippen molar-refractivity contribution in [2.75, 3.05) is 5.43 Å². The molecule has 1 aromatic carbocycles. The van der Waals surface area contributed by atoms with Crippen LogP contribution in [0.15, 0.2) is 24.3 Å². The third-order valence-electron chi connectivity index (χ3n) is 1.66. The van der Waals surface area contributed by atoms with Gasteiger partial charge in [0.05, 0.1) is 12.2 Å². The van der Waals surface area contributed by atoms with Gasteiger partial charge in [0.15, 0.2) is 0 Å². The standard InChI is InChI=1S/C7H9N3O/c11-10-5-6-3-1-2-4-7(6)8-9-10/h1-4,8-9,11H,5H2. The predicted molar refractivity (Wildman–Crippen MR) is 40.5 cm³/mol. The van der Waals surface area contributed by atoms with E-state index in [1.807, 2.05) is 24.3 Å². The summed E-state index contributed by atoms with van der Waals surface area (Å²) < 4.78 is 0. The Bertz CT molecular complexity index is 264. The minimum absolute atomic E-state index is 0.503. The molecule has 0 atom stereocenters. The molecule has 58 valence electrons. The first kappa shape index (κ1) is 6.60. The monoisotopic (exact) mass is 151 g/mol. The molecule has 0 aromatic heterocycles. The molecule has 3 N–H and O–H groups in total. The average Bonchev–Trinajstić information content (AvgIpc) is 2.04. The Kier molecular flexibility index (Phi) is 1.50. The summed E-state index contributed by atoms with van der Waals surface area (Å²) in [7, 11) is 0. The summed E-state index contributed by atoms with van der Waals surface area (Å²) in [6.45, 7) is 0.503. The Balaban J connectivity index is 2.34. The van der Waals surface area contributed by atoms with E-state index in [4.69, 9.17) is 5.21 Å². The number of hydrogen-bond donors (Lipinski definition) is 3. The highest BCUT2D eigenvalue weighted by molar-refractivity contribution is 5.50. The van der Waals surface area contributed by atoms with E-state index in [1.54, 1.807) is 0 Å². The topological polar surface area (TPSA) is 47.5 Å². The van der Waals surface area contributed by atoms with Crippen LogP contribution in [0, 0.1) is 0 Å². The van der Waals surface area contributed by atoms with Crippen molar-refractivity contribution < 1.29 is 5.21 Å². The minimum atomic E-state index is 0.503. The highest BCUT2D eigenvalue weighted by Crippen LogP contribution is 2.17. The van der Waals surface area contributed by atoms with E-state index in [0.717, 1.165) is 16.4 Å². The van der Waals surface area contributed by atoms with Crippen LogP contribution >= 0.6 is 0 Å². The molecule has 0 saturated carbocycles. The molecule has 0 bridgehead atoms. The van der Waals surface area contributed by atoms with Crippen LogP contribution in [-0.2, 0) is 6.54 Å². The highest BCUT2D eigenvalue weighted by Gasteiger charge is 2.10. The van der Waals surface area contributed by atoms with Gasteiger partial charge in [0.2, 0.25) is 0 Å². The van der Waals surface area contributed by atoms with Crippen LogP contribution in [0.1, 0.15) is 5.56 Å². The van der Waals surface area contributed by atoms with Gasteiger partial charge in [0.25, 0.3) is 0 Å². The number of nitrogens with one attached hydrogen (secondary N) is 2. The molecule has 1 aliphatic heterocycles. The van der Waals surface area contributed by atoms with Gasteiger partial charge in [0.1, 0.15) is 0 Å². The molecule has 0 fully saturated rings. The Morgan fingerprint density at radius 3 is 3.09 bits per heavy atom. The number of para-hydroxylation sites is 1. The second-order valence-corrected chi connectivity index (χ2v) is 2.45. The summed E-state index contributed by atoms with van der Waals surface area (Å²) >= 11 is 0. The molecule has 1 aromatic rings. The van der Waals surface area contributed by atoms with E-state index in [2.05, 4.69) is 11.0 Å². The van der Waals surface area contributed by atoms with Crippen molar-refractivity contribution >= 4 is 5.69 Å². The number of fused-ring (bicyclic) bond motifs is 1. The minimum Gasteiger partial charge on any atom is -0.306 e. The molecule has 0 radical (unpaired) electrons. The molecular formula is C7H9N3O. The second-order valence-electron chi connectivity index (χ2n) is 2.45. The van der Waals surface area contributed by atoms with Crippen LogP contribution in [0.5, 0.6) is 0 Å². The van der Waals surface area contributed by atoms with Gasteiger partial charge in [-0.3, -0.25) is 5.21 Å². The highest BCUT2D eigenvalue weighted by atomic mass is 16.5. The van der Waals surface area contributed by atoms with Crippen LogP contribution in [0.3, 0.4) is 0 Å². The van der Waals surface area contributed by atoms with E-state index in [9.17, 15) is 0 Å². The Morgan fingerprint density at radius 2 is 2.18 bits per heavy atom. The first-order valence-electron chi connectivity index (χ1n) is 3.42. The third kappa shape index (κ3) is 1.19. The fraction of sp³-hybridized carbons (Fsp3) is 0.143. The lowest BCUT2D eigenvalue weighted by atomic mass is 10.2. The SMILES string of the molecule is ON1Cc2ccccc2NN1. The van der Waals surface area contributed by atoms with Crippen LogP contribution in [0.25, 0.3) is 0 Å². The summed E-state index contributed by atoms with van der Waals surface area (Å²) in [5.74, 6) is 0. The van der Waals surface area contributed by atoms with Gasteiger partial charge in [0, 0.05) is 0 Å². The molecule has 0 unspecified atom stereocenters. The van der Waals surface area contributed by atoms with E-state index < -0.39 is 0 Å².